The number of likely N-dealkylation sites (tertiary alicyclic amines) is 1. The van der Waals surface area contributed by atoms with Crippen LogP contribution >= 0.6 is 0 Å². The standard InChI is InChI=1S/C17H21N5O/c1-12-9-17-18-15(6-8-22(17)19-12)16-5-3-4-7-21(16)11-14-10-13(2)23-20-14/h6,8-10,16H,3-5,7,11H2,1-2H3/t16-/m1/s1. The second-order valence-electron chi connectivity index (χ2n) is 6.35. The summed E-state index contributed by atoms with van der Waals surface area (Å²) in [4.78, 5) is 7.29. The highest BCUT2D eigenvalue weighted by Gasteiger charge is 2.26. The zero-order chi connectivity index (χ0) is 15.8. The van der Waals surface area contributed by atoms with Crippen LogP contribution in [0.25, 0.3) is 5.65 Å². The molecule has 0 aliphatic carbocycles. The SMILES string of the molecule is Cc1cc2nc([C@H]3CCCCN3Cc3cc(C)on3)ccn2n1. The summed E-state index contributed by atoms with van der Waals surface area (Å²) in [6.45, 7) is 5.81. The summed E-state index contributed by atoms with van der Waals surface area (Å²) >= 11 is 0. The quantitative estimate of drug-likeness (QED) is 0.744. The predicted octanol–water partition coefficient (Wildman–Crippen LogP) is 3.06. The number of hydrogen-bond acceptors (Lipinski definition) is 5. The molecule has 1 aliphatic rings. The molecule has 6 nitrogen and oxygen atoms in total. The molecule has 1 atom stereocenters. The molecule has 4 heterocycles. The summed E-state index contributed by atoms with van der Waals surface area (Å²) in [5.41, 5.74) is 4.03. The fourth-order valence-electron chi connectivity index (χ4n) is 3.41. The molecule has 1 fully saturated rings. The van der Waals surface area contributed by atoms with E-state index in [2.05, 4.69) is 21.2 Å². The molecule has 1 aliphatic heterocycles. The molecule has 120 valence electrons. The molecule has 6 heteroatoms. The van der Waals surface area contributed by atoms with E-state index in [9.17, 15) is 0 Å². The third-order valence-corrected chi connectivity index (χ3v) is 4.47. The van der Waals surface area contributed by atoms with E-state index in [1.54, 1.807) is 0 Å². The average molecular weight is 311 g/mol. The van der Waals surface area contributed by atoms with E-state index < -0.39 is 0 Å². The number of aryl methyl sites for hydroxylation is 2. The zero-order valence-electron chi connectivity index (χ0n) is 13.6. The lowest BCUT2D eigenvalue weighted by atomic mass is 9.99. The topological polar surface area (TPSA) is 59.5 Å². The van der Waals surface area contributed by atoms with Crippen LogP contribution in [0.4, 0.5) is 0 Å². The maximum atomic E-state index is 5.20. The highest BCUT2D eigenvalue weighted by atomic mass is 16.5. The summed E-state index contributed by atoms with van der Waals surface area (Å²) < 4.78 is 7.04. The molecular formula is C17H21N5O. The van der Waals surface area contributed by atoms with Gasteiger partial charge in [0.2, 0.25) is 0 Å². The smallest absolute Gasteiger partial charge is 0.155 e. The van der Waals surface area contributed by atoms with Crippen molar-refractivity contribution in [2.45, 2.75) is 45.7 Å². The second-order valence-corrected chi connectivity index (χ2v) is 6.35. The Kier molecular flexibility index (Phi) is 3.61. The number of hydrogen-bond donors (Lipinski definition) is 0. The first-order valence-corrected chi connectivity index (χ1v) is 8.18. The average Bonchev–Trinajstić information content (AvgIpc) is 3.11. The van der Waals surface area contributed by atoms with Crippen molar-refractivity contribution in [3.8, 4) is 0 Å². The number of nitrogens with zero attached hydrogens (tertiary/aromatic N) is 5. The Labute approximate surface area is 135 Å². The van der Waals surface area contributed by atoms with Gasteiger partial charge in [-0.2, -0.15) is 5.10 Å². The van der Waals surface area contributed by atoms with Crippen LogP contribution in [-0.2, 0) is 6.54 Å². The summed E-state index contributed by atoms with van der Waals surface area (Å²) in [6.07, 6.45) is 5.61. The van der Waals surface area contributed by atoms with Gasteiger partial charge in [-0.15, -0.1) is 0 Å². The fourth-order valence-corrected chi connectivity index (χ4v) is 3.41. The maximum absolute atomic E-state index is 5.20. The Morgan fingerprint density at radius 1 is 1.26 bits per heavy atom. The predicted molar refractivity (Wildman–Crippen MR) is 86.0 cm³/mol. The van der Waals surface area contributed by atoms with Crippen LogP contribution in [0.15, 0.2) is 28.9 Å². The van der Waals surface area contributed by atoms with Gasteiger partial charge in [-0.3, -0.25) is 4.90 Å². The van der Waals surface area contributed by atoms with Crippen molar-refractivity contribution in [1.82, 2.24) is 24.7 Å². The number of aromatic nitrogens is 4. The van der Waals surface area contributed by atoms with Gasteiger partial charge in [-0.05, 0) is 39.3 Å². The Morgan fingerprint density at radius 2 is 2.17 bits per heavy atom. The van der Waals surface area contributed by atoms with Crippen LogP contribution < -0.4 is 0 Å². The van der Waals surface area contributed by atoms with Crippen molar-refractivity contribution in [3.05, 3.63) is 47.2 Å². The first kappa shape index (κ1) is 14.4. The maximum Gasteiger partial charge on any atom is 0.155 e. The van der Waals surface area contributed by atoms with E-state index in [1.165, 1.54) is 12.8 Å². The zero-order valence-corrected chi connectivity index (χ0v) is 13.6. The third kappa shape index (κ3) is 2.86. The van der Waals surface area contributed by atoms with Gasteiger partial charge in [0.15, 0.2) is 5.65 Å². The molecule has 0 saturated carbocycles. The summed E-state index contributed by atoms with van der Waals surface area (Å²) in [5.74, 6) is 0.864. The van der Waals surface area contributed by atoms with Crippen molar-refractivity contribution < 1.29 is 4.52 Å². The molecule has 0 radical (unpaired) electrons. The van der Waals surface area contributed by atoms with Crippen LogP contribution in [0, 0.1) is 13.8 Å². The van der Waals surface area contributed by atoms with Gasteiger partial charge in [0.1, 0.15) is 5.76 Å². The van der Waals surface area contributed by atoms with E-state index in [4.69, 9.17) is 9.51 Å². The van der Waals surface area contributed by atoms with Crippen LogP contribution in [0.2, 0.25) is 0 Å². The van der Waals surface area contributed by atoms with E-state index in [0.717, 1.165) is 48.0 Å². The number of piperidine rings is 1. The number of fused-ring (bicyclic) bond motifs is 1. The molecule has 0 N–H and O–H groups in total. The minimum Gasteiger partial charge on any atom is -0.361 e. The molecule has 23 heavy (non-hydrogen) atoms. The van der Waals surface area contributed by atoms with Crippen molar-refractivity contribution in [2.24, 2.45) is 0 Å². The Balaban J connectivity index is 1.62. The first-order valence-electron chi connectivity index (χ1n) is 8.18. The van der Waals surface area contributed by atoms with Crippen molar-refractivity contribution in [2.75, 3.05) is 6.54 Å². The molecule has 1 saturated heterocycles. The van der Waals surface area contributed by atoms with Gasteiger partial charge in [0, 0.05) is 24.9 Å². The molecule has 4 rings (SSSR count). The van der Waals surface area contributed by atoms with Crippen LogP contribution in [0.3, 0.4) is 0 Å². The normalized spacial score (nSPS) is 19.5. The minimum atomic E-state index is 0.334. The van der Waals surface area contributed by atoms with Crippen LogP contribution in [0.1, 0.15) is 48.1 Å². The van der Waals surface area contributed by atoms with Gasteiger partial charge in [-0.1, -0.05) is 11.6 Å². The molecule has 0 spiro atoms. The van der Waals surface area contributed by atoms with Crippen molar-refractivity contribution in [1.29, 1.82) is 0 Å². The monoisotopic (exact) mass is 311 g/mol. The lowest BCUT2D eigenvalue weighted by Gasteiger charge is -2.34. The summed E-state index contributed by atoms with van der Waals surface area (Å²) in [5, 5.41) is 8.55. The van der Waals surface area contributed by atoms with E-state index >= 15 is 0 Å². The lowest BCUT2D eigenvalue weighted by molar-refractivity contribution is 0.134. The van der Waals surface area contributed by atoms with Gasteiger partial charge in [0.05, 0.1) is 23.1 Å². The molecule has 3 aromatic rings. The van der Waals surface area contributed by atoms with Crippen molar-refractivity contribution in [3.63, 3.8) is 0 Å². The summed E-state index contributed by atoms with van der Waals surface area (Å²) in [7, 11) is 0. The second kappa shape index (κ2) is 5.77. The van der Waals surface area contributed by atoms with E-state index in [0.29, 0.717) is 6.04 Å². The fraction of sp³-hybridized carbons (Fsp3) is 0.471. The molecule has 0 aromatic carbocycles. The third-order valence-electron chi connectivity index (χ3n) is 4.47. The lowest BCUT2D eigenvalue weighted by Crippen LogP contribution is -2.33. The Morgan fingerprint density at radius 3 is 3.00 bits per heavy atom. The van der Waals surface area contributed by atoms with E-state index in [-0.39, 0.29) is 0 Å². The largest absolute Gasteiger partial charge is 0.361 e. The van der Waals surface area contributed by atoms with Crippen LogP contribution in [-0.4, -0.2) is 31.2 Å². The molecule has 3 aromatic heterocycles. The van der Waals surface area contributed by atoms with Gasteiger partial charge < -0.3 is 4.52 Å². The Bertz CT molecular complexity index is 821. The minimum absolute atomic E-state index is 0.334. The van der Waals surface area contributed by atoms with Gasteiger partial charge in [-0.25, -0.2) is 9.50 Å². The van der Waals surface area contributed by atoms with Gasteiger partial charge >= 0.3 is 0 Å². The molecule has 0 bridgehead atoms. The molecule has 0 amide bonds. The molecular weight excluding hydrogens is 290 g/mol. The van der Waals surface area contributed by atoms with Crippen LogP contribution in [0.5, 0.6) is 0 Å². The van der Waals surface area contributed by atoms with Crippen molar-refractivity contribution >= 4 is 5.65 Å². The highest BCUT2D eigenvalue weighted by molar-refractivity contribution is 5.39. The van der Waals surface area contributed by atoms with E-state index in [1.807, 2.05) is 36.7 Å². The first-order chi connectivity index (χ1) is 11.2. The molecule has 0 unspecified atom stereocenters. The number of rotatable bonds is 3. The van der Waals surface area contributed by atoms with Gasteiger partial charge in [0.25, 0.3) is 0 Å². The highest BCUT2D eigenvalue weighted by Crippen LogP contribution is 2.31. The summed E-state index contributed by atoms with van der Waals surface area (Å²) in [6, 6.07) is 6.47. The Hall–Kier alpha value is -2.21.